The van der Waals surface area contributed by atoms with Crippen molar-refractivity contribution < 1.29 is 0 Å². The highest BCUT2D eigenvalue weighted by molar-refractivity contribution is 4.88. The number of hydrogen-bond acceptors (Lipinski definition) is 2. The fraction of sp³-hybridized carbons (Fsp3) is 1.00. The number of likely N-dealkylation sites (tertiary alicyclic amines) is 1. The first-order valence-corrected chi connectivity index (χ1v) is 5.98. The van der Waals surface area contributed by atoms with Crippen molar-refractivity contribution in [2.45, 2.75) is 58.5 Å². The molecule has 2 heteroatoms. The molecule has 2 N–H and O–H groups in total. The summed E-state index contributed by atoms with van der Waals surface area (Å²) in [4.78, 5) is 2.62. The molecular weight excluding hydrogens is 172 g/mol. The topological polar surface area (TPSA) is 29.3 Å². The lowest BCUT2D eigenvalue weighted by Crippen LogP contribution is -2.53. The zero-order valence-corrected chi connectivity index (χ0v) is 10.2. The van der Waals surface area contributed by atoms with E-state index in [-0.39, 0.29) is 0 Å². The highest BCUT2D eigenvalue weighted by Crippen LogP contribution is 2.26. The van der Waals surface area contributed by atoms with E-state index in [0.29, 0.717) is 17.5 Å². The lowest BCUT2D eigenvalue weighted by molar-refractivity contribution is 0.0558. The largest absolute Gasteiger partial charge is 0.327 e. The van der Waals surface area contributed by atoms with Gasteiger partial charge in [0.15, 0.2) is 0 Å². The van der Waals surface area contributed by atoms with Crippen LogP contribution in [0.5, 0.6) is 0 Å². The van der Waals surface area contributed by atoms with Crippen LogP contribution in [0, 0.1) is 5.92 Å². The second kappa shape index (κ2) is 4.63. The van der Waals surface area contributed by atoms with Crippen molar-refractivity contribution in [1.29, 1.82) is 0 Å². The maximum Gasteiger partial charge on any atom is 0.0153 e. The molecule has 2 atom stereocenters. The standard InChI is InChI=1S/C12H26N2/c1-5-7-12(3,4)14-8-6-11(13)10(2)9-14/h10-11H,5-9,13H2,1-4H3. The second-order valence-electron chi connectivity index (χ2n) is 5.44. The van der Waals surface area contributed by atoms with Gasteiger partial charge < -0.3 is 5.73 Å². The minimum atomic E-state index is 0.364. The van der Waals surface area contributed by atoms with Gasteiger partial charge in [-0.2, -0.15) is 0 Å². The van der Waals surface area contributed by atoms with Crippen LogP contribution >= 0.6 is 0 Å². The van der Waals surface area contributed by atoms with Crippen molar-refractivity contribution in [2.24, 2.45) is 11.7 Å². The summed E-state index contributed by atoms with van der Waals surface area (Å²) < 4.78 is 0. The van der Waals surface area contributed by atoms with Crippen LogP contribution in [0.2, 0.25) is 0 Å². The highest BCUT2D eigenvalue weighted by Gasteiger charge is 2.31. The molecule has 1 fully saturated rings. The summed E-state index contributed by atoms with van der Waals surface area (Å²) in [6, 6.07) is 0.420. The molecule has 1 saturated heterocycles. The Morgan fingerprint density at radius 1 is 1.43 bits per heavy atom. The third-order valence-corrected chi connectivity index (χ3v) is 3.69. The van der Waals surface area contributed by atoms with Crippen molar-refractivity contribution in [2.75, 3.05) is 13.1 Å². The minimum Gasteiger partial charge on any atom is -0.327 e. The Morgan fingerprint density at radius 3 is 2.57 bits per heavy atom. The summed E-state index contributed by atoms with van der Waals surface area (Å²) in [5.74, 6) is 0.653. The van der Waals surface area contributed by atoms with E-state index in [1.807, 2.05) is 0 Å². The lowest BCUT2D eigenvalue weighted by atomic mass is 9.88. The average molecular weight is 198 g/mol. The van der Waals surface area contributed by atoms with Gasteiger partial charge in [0, 0.05) is 24.7 Å². The molecule has 1 aliphatic rings. The summed E-state index contributed by atoms with van der Waals surface area (Å²) in [7, 11) is 0. The third-order valence-electron chi connectivity index (χ3n) is 3.69. The zero-order chi connectivity index (χ0) is 10.8. The molecule has 0 radical (unpaired) electrons. The van der Waals surface area contributed by atoms with Crippen LogP contribution in [0.4, 0.5) is 0 Å². The monoisotopic (exact) mass is 198 g/mol. The summed E-state index contributed by atoms with van der Waals surface area (Å²) >= 11 is 0. The van der Waals surface area contributed by atoms with Gasteiger partial charge in [0.25, 0.3) is 0 Å². The van der Waals surface area contributed by atoms with Gasteiger partial charge >= 0.3 is 0 Å². The first-order chi connectivity index (χ1) is 6.47. The van der Waals surface area contributed by atoms with Crippen LogP contribution in [-0.2, 0) is 0 Å². The molecule has 1 aliphatic heterocycles. The van der Waals surface area contributed by atoms with Crippen LogP contribution in [0.15, 0.2) is 0 Å². The van der Waals surface area contributed by atoms with Crippen LogP contribution in [0.1, 0.15) is 47.0 Å². The summed E-state index contributed by atoms with van der Waals surface area (Å²) in [5, 5.41) is 0. The van der Waals surface area contributed by atoms with Gasteiger partial charge in [0.2, 0.25) is 0 Å². The van der Waals surface area contributed by atoms with E-state index in [0.717, 1.165) is 6.42 Å². The molecule has 1 rings (SSSR count). The molecule has 0 aromatic rings. The van der Waals surface area contributed by atoms with Crippen molar-refractivity contribution in [3.05, 3.63) is 0 Å². The SMILES string of the molecule is CCCC(C)(C)N1CCC(N)C(C)C1. The Morgan fingerprint density at radius 2 is 2.07 bits per heavy atom. The summed E-state index contributed by atoms with van der Waals surface area (Å²) in [5.41, 5.74) is 6.40. The predicted octanol–water partition coefficient (Wildman–Crippen LogP) is 2.23. The van der Waals surface area contributed by atoms with E-state index >= 15 is 0 Å². The number of nitrogens with two attached hydrogens (primary N) is 1. The van der Waals surface area contributed by atoms with Crippen molar-refractivity contribution in [3.63, 3.8) is 0 Å². The van der Waals surface area contributed by atoms with Crippen LogP contribution in [-0.4, -0.2) is 29.6 Å². The average Bonchev–Trinajstić information content (AvgIpc) is 2.09. The lowest BCUT2D eigenvalue weighted by Gasteiger charge is -2.45. The molecule has 0 spiro atoms. The fourth-order valence-corrected chi connectivity index (χ4v) is 2.48. The Kier molecular flexibility index (Phi) is 3.96. The summed E-state index contributed by atoms with van der Waals surface area (Å²) in [6.45, 7) is 11.6. The molecule has 0 aliphatic carbocycles. The number of piperidine rings is 1. The quantitative estimate of drug-likeness (QED) is 0.753. The van der Waals surface area contributed by atoms with E-state index < -0.39 is 0 Å². The Labute approximate surface area is 88.8 Å². The van der Waals surface area contributed by atoms with Crippen LogP contribution in [0.3, 0.4) is 0 Å². The van der Waals surface area contributed by atoms with Crippen molar-refractivity contribution in [1.82, 2.24) is 4.90 Å². The second-order valence-corrected chi connectivity index (χ2v) is 5.44. The maximum absolute atomic E-state index is 6.03. The van der Waals surface area contributed by atoms with E-state index in [4.69, 9.17) is 5.73 Å². The first-order valence-electron chi connectivity index (χ1n) is 5.98. The molecule has 0 bridgehead atoms. The molecule has 0 amide bonds. The Bertz CT molecular complexity index is 177. The van der Waals surface area contributed by atoms with Crippen molar-refractivity contribution in [3.8, 4) is 0 Å². The van der Waals surface area contributed by atoms with Gasteiger partial charge in [0.05, 0.1) is 0 Å². The van der Waals surface area contributed by atoms with Crippen molar-refractivity contribution >= 4 is 0 Å². The minimum absolute atomic E-state index is 0.364. The molecule has 0 saturated carbocycles. The fourth-order valence-electron chi connectivity index (χ4n) is 2.48. The van der Waals surface area contributed by atoms with E-state index in [2.05, 4.69) is 32.6 Å². The molecule has 14 heavy (non-hydrogen) atoms. The van der Waals surface area contributed by atoms with Gasteiger partial charge in [-0.1, -0.05) is 20.3 Å². The van der Waals surface area contributed by atoms with Crippen LogP contribution < -0.4 is 5.73 Å². The highest BCUT2D eigenvalue weighted by atomic mass is 15.2. The first kappa shape index (κ1) is 12.0. The van der Waals surface area contributed by atoms with E-state index in [9.17, 15) is 0 Å². The Balaban J connectivity index is 2.53. The predicted molar refractivity (Wildman–Crippen MR) is 62.3 cm³/mol. The van der Waals surface area contributed by atoms with E-state index in [1.54, 1.807) is 0 Å². The number of rotatable bonds is 3. The summed E-state index contributed by atoms with van der Waals surface area (Å²) in [6.07, 6.45) is 3.72. The molecule has 1 heterocycles. The smallest absolute Gasteiger partial charge is 0.0153 e. The van der Waals surface area contributed by atoms with Gasteiger partial charge in [-0.25, -0.2) is 0 Å². The molecule has 84 valence electrons. The van der Waals surface area contributed by atoms with Gasteiger partial charge in [0.1, 0.15) is 0 Å². The zero-order valence-electron chi connectivity index (χ0n) is 10.2. The van der Waals surface area contributed by atoms with Gasteiger partial charge in [-0.15, -0.1) is 0 Å². The molecule has 2 nitrogen and oxygen atoms in total. The maximum atomic E-state index is 6.03. The molecule has 0 aromatic heterocycles. The molecular formula is C12H26N2. The Hall–Kier alpha value is -0.0800. The number of hydrogen-bond donors (Lipinski definition) is 1. The van der Waals surface area contributed by atoms with Crippen LogP contribution in [0.25, 0.3) is 0 Å². The van der Waals surface area contributed by atoms with Gasteiger partial charge in [-0.3, -0.25) is 4.90 Å². The molecule has 0 aromatic carbocycles. The van der Waals surface area contributed by atoms with E-state index in [1.165, 1.54) is 25.9 Å². The third kappa shape index (κ3) is 2.71. The van der Waals surface area contributed by atoms with Gasteiger partial charge in [-0.05, 0) is 32.6 Å². The molecule has 2 unspecified atom stereocenters. The normalized spacial score (nSPS) is 30.6. The number of nitrogens with zero attached hydrogens (tertiary/aromatic N) is 1.